The Hall–Kier alpha value is -4.32. The number of fused-ring (bicyclic) bond motifs is 1. The summed E-state index contributed by atoms with van der Waals surface area (Å²) in [7, 11) is 0. The van der Waals surface area contributed by atoms with Gasteiger partial charge in [-0.1, -0.05) is 25.3 Å². The molecule has 0 saturated carbocycles. The zero-order valence-electron chi connectivity index (χ0n) is 16.1. The molecule has 0 saturated heterocycles. The molecule has 0 aliphatic carbocycles. The van der Waals surface area contributed by atoms with Gasteiger partial charge in [-0.05, 0) is 59.7 Å². The van der Waals surface area contributed by atoms with E-state index in [9.17, 15) is 0 Å². The number of H-pyrrole nitrogens is 2. The zero-order chi connectivity index (χ0) is 20.5. The van der Waals surface area contributed by atoms with Gasteiger partial charge >= 0.3 is 0 Å². The summed E-state index contributed by atoms with van der Waals surface area (Å²) in [5.74, 6) is 1.41. The highest BCUT2D eigenvalue weighted by atomic mass is 15.0. The number of para-hydroxylation sites is 2. The monoisotopic (exact) mass is 390 g/mol. The summed E-state index contributed by atoms with van der Waals surface area (Å²) in [6, 6.07) is 15.9. The molecule has 1 aromatic carbocycles. The van der Waals surface area contributed by atoms with Crippen LogP contribution in [0.4, 0.5) is 0 Å². The molecule has 2 N–H and O–H groups in total. The number of benzene rings is 1. The molecule has 0 fully saturated rings. The fourth-order valence-electron chi connectivity index (χ4n) is 3.39. The first-order valence-electron chi connectivity index (χ1n) is 9.48. The van der Waals surface area contributed by atoms with Gasteiger partial charge in [0.2, 0.25) is 0 Å². The third-order valence-electron chi connectivity index (χ3n) is 4.89. The summed E-state index contributed by atoms with van der Waals surface area (Å²) in [6.45, 7) is 7.61. The number of hydrogen-bond acceptors (Lipinski definition) is 4. The Bertz CT molecular complexity index is 1330. The lowest BCUT2D eigenvalue weighted by Crippen LogP contribution is -1.90. The molecule has 4 aromatic heterocycles. The second-order valence-corrected chi connectivity index (χ2v) is 6.75. The van der Waals surface area contributed by atoms with Crippen molar-refractivity contribution in [3.05, 3.63) is 85.5 Å². The van der Waals surface area contributed by atoms with Gasteiger partial charge in [-0.2, -0.15) is 0 Å². The maximum Gasteiger partial charge on any atom is 0.157 e. The smallest absolute Gasteiger partial charge is 0.157 e. The average Bonchev–Trinajstić information content (AvgIpc) is 3.43. The Morgan fingerprint density at radius 1 is 0.733 bits per heavy atom. The van der Waals surface area contributed by atoms with E-state index in [1.54, 1.807) is 24.5 Å². The molecule has 30 heavy (non-hydrogen) atoms. The maximum absolute atomic E-state index is 4.65. The van der Waals surface area contributed by atoms with Crippen molar-refractivity contribution in [1.29, 1.82) is 0 Å². The van der Waals surface area contributed by atoms with Crippen LogP contribution >= 0.6 is 0 Å². The molecule has 0 amide bonds. The van der Waals surface area contributed by atoms with Gasteiger partial charge in [0.1, 0.15) is 11.4 Å². The molecule has 0 unspecified atom stereocenters. The summed E-state index contributed by atoms with van der Waals surface area (Å²) < 4.78 is 0. The Balaban J connectivity index is 1.54. The van der Waals surface area contributed by atoms with Gasteiger partial charge in [0.25, 0.3) is 0 Å². The number of imidazole rings is 2. The molecule has 0 atom stereocenters. The molecule has 4 heterocycles. The highest BCUT2D eigenvalue weighted by Gasteiger charge is 2.11. The molecule has 5 aromatic rings. The van der Waals surface area contributed by atoms with Gasteiger partial charge in [0, 0.05) is 12.4 Å². The Labute approximate surface area is 173 Å². The normalized spacial score (nSPS) is 10.9. The lowest BCUT2D eigenvalue weighted by atomic mass is 10.1. The van der Waals surface area contributed by atoms with Crippen LogP contribution in [-0.2, 0) is 0 Å². The highest BCUT2D eigenvalue weighted by molar-refractivity contribution is 5.79. The molecule has 0 aliphatic rings. The van der Waals surface area contributed by atoms with Crippen molar-refractivity contribution in [1.82, 2.24) is 29.9 Å². The van der Waals surface area contributed by atoms with E-state index in [2.05, 4.69) is 43.1 Å². The second-order valence-electron chi connectivity index (χ2n) is 6.75. The van der Waals surface area contributed by atoms with Crippen LogP contribution in [0.2, 0.25) is 0 Å². The van der Waals surface area contributed by atoms with E-state index in [1.165, 1.54) is 0 Å². The number of nitrogens with zero attached hydrogens (tertiary/aromatic N) is 4. The summed E-state index contributed by atoms with van der Waals surface area (Å²) in [5, 5.41) is 0. The van der Waals surface area contributed by atoms with Crippen LogP contribution in [0, 0.1) is 0 Å². The largest absolute Gasteiger partial charge is 0.337 e. The Morgan fingerprint density at radius 2 is 1.40 bits per heavy atom. The van der Waals surface area contributed by atoms with Gasteiger partial charge < -0.3 is 9.97 Å². The van der Waals surface area contributed by atoms with Crippen molar-refractivity contribution in [3.8, 4) is 34.2 Å². The second kappa shape index (κ2) is 7.25. The van der Waals surface area contributed by atoms with Crippen molar-refractivity contribution in [2.75, 3.05) is 0 Å². The number of hydrogen-bond donors (Lipinski definition) is 2. The summed E-state index contributed by atoms with van der Waals surface area (Å²) in [4.78, 5) is 24.7. The summed E-state index contributed by atoms with van der Waals surface area (Å²) in [6.07, 6.45) is 6.98. The average molecular weight is 390 g/mol. The molecule has 0 spiro atoms. The number of aromatic nitrogens is 6. The minimum Gasteiger partial charge on any atom is -0.337 e. The number of nitrogens with one attached hydrogen (secondary N) is 2. The number of rotatable bonds is 5. The zero-order valence-corrected chi connectivity index (χ0v) is 16.1. The van der Waals surface area contributed by atoms with Crippen LogP contribution in [0.25, 0.3) is 57.3 Å². The fraction of sp³-hybridized carbons (Fsp3) is 0. The van der Waals surface area contributed by atoms with E-state index in [4.69, 9.17) is 0 Å². The standard InChI is InChI=1S/C24H18N6/c1-3-17-18(4-2)28-23(27-17)21-13-15(9-11-25-21)16-10-12-26-22(14-16)24-29-19-7-5-6-8-20(19)30-24/h3-14H,1-2H2,(H,27,28)(H,29,30). The van der Waals surface area contributed by atoms with E-state index in [0.29, 0.717) is 5.82 Å². The van der Waals surface area contributed by atoms with Crippen molar-refractivity contribution < 1.29 is 0 Å². The topological polar surface area (TPSA) is 83.1 Å². The summed E-state index contributed by atoms with van der Waals surface area (Å²) in [5.41, 5.74) is 7.03. The third kappa shape index (κ3) is 3.10. The van der Waals surface area contributed by atoms with Gasteiger partial charge in [-0.25, -0.2) is 9.97 Å². The van der Waals surface area contributed by atoms with E-state index in [1.807, 2.05) is 48.5 Å². The van der Waals surface area contributed by atoms with Crippen LogP contribution in [0.5, 0.6) is 0 Å². The first kappa shape index (κ1) is 17.8. The van der Waals surface area contributed by atoms with Crippen LogP contribution in [-0.4, -0.2) is 29.9 Å². The number of aromatic amines is 2. The lowest BCUT2D eigenvalue weighted by Gasteiger charge is -2.05. The first-order valence-corrected chi connectivity index (χ1v) is 9.48. The van der Waals surface area contributed by atoms with E-state index in [-0.39, 0.29) is 0 Å². The molecule has 0 bridgehead atoms. The minimum atomic E-state index is 0.674. The fourth-order valence-corrected chi connectivity index (χ4v) is 3.39. The molecular formula is C24H18N6. The number of pyridine rings is 2. The van der Waals surface area contributed by atoms with Crippen molar-refractivity contribution >= 4 is 23.2 Å². The SMILES string of the molecule is C=Cc1nc(-c2cc(-c3ccnc(-c4nc5ccccc5[nH]4)c3)ccn2)[nH]c1C=C. The van der Waals surface area contributed by atoms with Crippen LogP contribution < -0.4 is 0 Å². The van der Waals surface area contributed by atoms with Crippen LogP contribution in [0.3, 0.4) is 0 Å². The molecule has 0 aliphatic heterocycles. The van der Waals surface area contributed by atoms with E-state index < -0.39 is 0 Å². The lowest BCUT2D eigenvalue weighted by molar-refractivity contribution is 1.21. The Morgan fingerprint density at radius 3 is 2.00 bits per heavy atom. The van der Waals surface area contributed by atoms with Crippen LogP contribution in [0.1, 0.15) is 11.4 Å². The van der Waals surface area contributed by atoms with E-state index in [0.717, 1.165) is 50.8 Å². The minimum absolute atomic E-state index is 0.674. The van der Waals surface area contributed by atoms with E-state index >= 15 is 0 Å². The quantitative estimate of drug-likeness (QED) is 0.423. The summed E-state index contributed by atoms with van der Waals surface area (Å²) >= 11 is 0. The van der Waals surface area contributed by atoms with Gasteiger partial charge in [-0.3, -0.25) is 9.97 Å². The molecular weight excluding hydrogens is 372 g/mol. The Kier molecular flexibility index (Phi) is 4.29. The first-order chi connectivity index (χ1) is 14.7. The van der Waals surface area contributed by atoms with Crippen molar-refractivity contribution in [2.24, 2.45) is 0 Å². The van der Waals surface area contributed by atoms with Crippen molar-refractivity contribution in [3.63, 3.8) is 0 Å². The maximum atomic E-state index is 4.65. The predicted octanol–water partition coefficient (Wildman–Crippen LogP) is 5.36. The molecule has 144 valence electrons. The van der Waals surface area contributed by atoms with Crippen molar-refractivity contribution in [2.45, 2.75) is 0 Å². The van der Waals surface area contributed by atoms with Crippen LogP contribution in [0.15, 0.2) is 74.1 Å². The van der Waals surface area contributed by atoms with Gasteiger partial charge in [0.05, 0.1) is 22.4 Å². The van der Waals surface area contributed by atoms with Gasteiger partial charge in [-0.15, -0.1) is 0 Å². The van der Waals surface area contributed by atoms with Gasteiger partial charge in [0.15, 0.2) is 11.6 Å². The highest BCUT2D eigenvalue weighted by Crippen LogP contribution is 2.27. The molecule has 6 heteroatoms. The molecule has 5 rings (SSSR count). The predicted molar refractivity (Wildman–Crippen MR) is 120 cm³/mol. The molecule has 6 nitrogen and oxygen atoms in total. The molecule has 0 radical (unpaired) electrons. The third-order valence-corrected chi connectivity index (χ3v) is 4.89.